The van der Waals surface area contributed by atoms with Gasteiger partial charge in [-0.05, 0) is 38.1 Å². The number of rotatable bonds is 1. The molecule has 1 fully saturated rings. The second-order valence-electron chi connectivity index (χ2n) is 3.51. The molecule has 0 bridgehead atoms. The molecule has 1 heterocycles. The van der Waals surface area contributed by atoms with E-state index in [1.807, 2.05) is 0 Å². The number of aromatic hydroxyl groups is 1. The van der Waals surface area contributed by atoms with Crippen molar-refractivity contribution in [2.75, 3.05) is 20.2 Å². The van der Waals surface area contributed by atoms with E-state index in [-0.39, 0.29) is 5.75 Å². The molecular formula is C12H19NO2. The summed E-state index contributed by atoms with van der Waals surface area (Å²) in [5, 5.41) is 12.1. The summed E-state index contributed by atoms with van der Waals surface area (Å²) < 4.78 is 4.84. The monoisotopic (exact) mass is 209 g/mol. The third-order valence-corrected chi connectivity index (χ3v) is 2.26. The van der Waals surface area contributed by atoms with Crippen LogP contribution in [0.4, 0.5) is 0 Å². The van der Waals surface area contributed by atoms with Gasteiger partial charge >= 0.3 is 0 Å². The first-order valence-corrected chi connectivity index (χ1v) is 5.36. The van der Waals surface area contributed by atoms with E-state index in [1.54, 1.807) is 31.4 Å². The molecule has 0 spiro atoms. The first-order chi connectivity index (χ1) is 7.33. The molecule has 0 unspecified atom stereocenters. The second-order valence-corrected chi connectivity index (χ2v) is 3.51. The van der Waals surface area contributed by atoms with E-state index in [9.17, 15) is 0 Å². The lowest BCUT2D eigenvalue weighted by Gasteiger charge is -2.08. The van der Waals surface area contributed by atoms with Crippen LogP contribution in [0.15, 0.2) is 24.3 Å². The number of phenols is 1. The van der Waals surface area contributed by atoms with Crippen molar-refractivity contribution in [1.29, 1.82) is 0 Å². The van der Waals surface area contributed by atoms with E-state index in [0.717, 1.165) is 0 Å². The summed E-state index contributed by atoms with van der Waals surface area (Å²) in [4.78, 5) is 0. The summed E-state index contributed by atoms with van der Waals surface area (Å²) in [6.07, 6.45) is 4.22. The topological polar surface area (TPSA) is 41.5 Å². The van der Waals surface area contributed by atoms with Crippen LogP contribution in [0.2, 0.25) is 0 Å². The van der Waals surface area contributed by atoms with Crippen molar-refractivity contribution in [1.82, 2.24) is 5.32 Å². The van der Waals surface area contributed by atoms with Gasteiger partial charge in [-0.15, -0.1) is 0 Å². The van der Waals surface area contributed by atoms with E-state index in [1.165, 1.54) is 32.4 Å². The molecule has 0 saturated carbocycles. The summed E-state index contributed by atoms with van der Waals surface area (Å²) in [5.41, 5.74) is 0. The summed E-state index contributed by atoms with van der Waals surface area (Å²) >= 11 is 0. The molecule has 0 aliphatic carbocycles. The fourth-order valence-electron chi connectivity index (χ4n) is 1.41. The van der Waals surface area contributed by atoms with Crippen LogP contribution in [0.25, 0.3) is 0 Å². The highest BCUT2D eigenvalue weighted by molar-refractivity contribution is 5.31. The molecule has 0 aromatic heterocycles. The molecule has 1 aliphatic heterocycles. The first kappa shape index (κ1) is 11.9. The number of hydrogen-bond acceptors (Lipinski definition) is 3. The lowest BCUT2D eigenvalue weighted by atomic mass is 10.2. The Hall–Kier alpha value is -1.22. The van der Waals surface area contributed by atoms with E-state index in [2.05, 4.69) is 5.32 Å². The Balaban J connectivity index is 0.000000162. The first-order valence-electron chi connectivity index (χ1n) is 5.36. The molecule has 3 nitrogen and oxygen atoms in total. The fraction of sp³-hybridized carbons (Fsp3) is 0.500. The maximum absolute atomic E-state index is 8.86. The maximum Gasteiger partial charge on any atom is 0.122 e. The summed E-state index contributed by atoms with van der Waals surface area (Å²) in [5.74, 6) is 0.907. The minimum Gasteiger partial charge on any atom is -0.508 e. The van der Waals surface area contributed by atoms with E-state index >= 15 is 0 Å². The number of benzene rings is 1. The lowest BCUT2D eigenvalue weighted by Crippen LogP contribution is -2.21. The predicted octanol–water partition coefficient (Wildman–Crippen LogP) is 2.16. The van der Waals surface area contributed by atoms with Crippen molar-refractivity contribution in [3.63, 3.8) is 0 Å². The third-order valence-electron chi connectivity index (χ3n) is 2.26. The van der Waals surface area contributed by atoms with Gasteiger partial charge in [-0.1, -0.05) is 12.5 Å². The number of ether oxygens (including phenoxy) is 1. The predicted molar refractivity (Wildman–Crippen MR) is 61.4 cm³/mol. The van der Waals surface area contributed by atoms with Gasteiger partial charge in [-0.3, -0.25) is 0 Å². The summed E-state index contributed by atoms with van der Waals surface area (Å²) in [6.45, 7) is 2.50. The average Bonchev–Trinajstić information content (AvgIpc) is 2.32. The van der Waals surface area contributed by atoms with Gasteiger partial charge in [0.2, 0.25) is 0 Å². The third kappa shape index (κ3) is 5.27. The number of phenolic OH excluding ortho intramolecular Hbond substituents is 1. The van der Waals surface area contributed by atoms with Gasteiger partial charge in [-0.25, -0.2) is 0 Å². The van der Waals surface area contributed by atoms with Crippen LogP contribution in [0.1, 0.15) is 19.3 Å². The van der Waals surface area contributed by atoms with Crippen molar-refractivity contribution in [3.8, 4) is 11.5 Å². The van der Waals surface area contributed by atoms with Crippen LogP contribution < -0.4 is 10.1 Å². The molecule has 2 rings (SSSR count). The molecule has 84 valence electrons. The lowest BCUT2D eigenvalue weighted by molar-refractivity contribution is 0.407. The number of methoxy groups -OCH3 is 1. The Morgan fingerprint density at radius 3 is 2.27 bits per heavy atom. The standard InChI is InChI=1S/C7H8O2.C5H11N/c1-9-7-4-2-3-6(8)5-7;1-2-4-6-5-3-1/h2-5,8H,1H3;6H,1-5H2. The molecule has 0 radical (unpaired) electrons. The quantitative estimate of drug-likeness (QED) is 0.744. The van der Waals surface area contributed by atoms with Gasteiger partial charge in [-0.2, -0.15) is 0 Å². The normalized spacial score (nSPS) is 15.0. The zero-order chi connectivity index (χ0) is 10.9. The Bertz CT molecular complexity index is 261. The second kappa shape index (κ2) is 7.12. The highest BCUT2D eigenvalue weighted by Gasteiger charge is 1.93. The van der Waals surface area contributed by atoms with E-state index < -0.39 is 0 Å². The Morgan fingerprint density at radius 2 is 1.93 bits per heavy atom. The van der Waals surface area contributed by atoms with Gasteiger partial charge in [0.15, 0.2) is 0 Å². The Kier molecular flexibility index (Phi) is 5.63. The van der Waals surface area contributed by atoms with Gasteiger partial charge < -0.3 is 15.2 Å². The van der Waals surface area contributed by atoms with Crippen molar-refractivity contribution in [3.05, 3.63) is 24.3 Å². The van der Waals surface area contributed by atoms with Gasteiger partial charge in [0.1, 0.15) is 11.5 Å². The zero-order valence-corrected chi connectivity index (χ0v) is 9.20. The number of hydrogen-bond donors (Lipinski definition) is 2. The van der Waals surface area contributed by atoms with Crippen LogP contribution >= 0.6 is 0 Å². The van der Waals surface area contributed by atoms with Crippen LogP contribution in [-0.2, 0) is 0 Å². The van der Waals surface area contributed by atoms with Crippen molar-refractivity contribution in [2.45, 2.75) is 19.3 Å². The SMILES string of the molecule is C1CCNCC1.COc1cccc(O)c1. The highest BCUT2D eigenvalue weighted by atomic mass is 16.5. The van der Waals surface area contributed by atoms with Crippen LogP contribution in [0.3, 0.4) is 0 Å². The molecule has 1 aromatic carbocycles. The molecule has 3 heteroatoms. The molecule has 1 saturated heterocycles. The fourth-order valence-corrected chi connectivity index (χ4v) is 1.41. The van der Waals surface area contributed by atoms with Gasteiger partial charge in [0.05, 0.1) is 7.11 Å². The number of nitrogens with one attached hydrogen (secondary N) is 1. The molecule has 15 heavy (non-hydrogen) atoms. The zero-order valence-electron chi connectivity index (χ0n) is 9.20. The van der Waals surface area contributed by atoms with Crippen molar-refractivity contribution >= 4 is 0 Å². The molecule has 1 aromatic rings. The average molecular weight is 209 g/mol. The molecule has 0 atom stereocenters. The van der Waals surface area contributed by atoms with Crippen LogP contribution in [-0.4, -0.2) is 25.3 Å². The summed E-state index contributed by atoms with van der Waals surface area (Å²) in [6, 6.07) is 6.66. The highest BCUT2D eigenvalue weighted by Crippen LogP contribution is 2.16. The summed E-state index contributed by atoms with van der Waals surface area (Å²) in [7, 11) is 1.56. The Morgan fingerprint density at radius 1 is 1.20 bits per heavy atom. The molecule has 2 N–H and O–H groups in total. The van der Waals surface area contributed by atoms with E-state index in [4.69, 9.17) is 9.84 Å². The van der Waals surface area contributed by atoms with Crippen LogP contribution in [0.5, 0.6) is 11.5 Å². The molecular weight excluding hydrogens is 190 g/mol. The maximum atomic E-state index is 8.86. The van der Waals surface area contributed by atoms with Crippen LogP contribution in [0, 0.1) is 0 Å². The van der Waals surface area contributed by atoms with Crippen molar-refractivity contribution in [2.24, 2.45) is 0 Å². The van der Waals surface area contributed by atoms with E-state index in [0.29, 0.717) is 5.75 Å². The van der Waals surface area contributed by atoms with Crippen molar-refractivity contribution < 1.29 is 9.84 Å². The van der Waals surface area contributed by atoms with Gasteiger partial charge in [0.25, 0.3) is 0 Å². The minimum absolute atomic E-state index is 0.231. The van der Waals surface area contributed by atoms with Gasteiger partial charge in [0, 0.05) is 6.07 Å². The Labute approximate surface area is 91.1 Å². The molecule has 0 amide bonds. The smallest absolute Gasteiger partial charge is 0.122 e. The minimum atomic E-state index is 0.231. The molecule has 1 aliphatic rings. The number of piperidine rings is 1. The largest absolute Gasteiger partial charge is 0.508 e.